The van der Waals surface area contributed by atoms with E-state index in [1.165, 1.54) is 6.08 Å². The standard InChI is InChI=1S/C9H14ClNO3/c1-3-5-14-9(13)11-7(4-2)6-8(10)12/h3,7H,1,4-6H2,2H3,(H,11,13). The lowest BCUT2D eigenvalue weighted by Crippen LogP contribution is -2.35. The van der Waals surface area contributed by atoms with Crippen molar-refractivity contribution >= 4 is 22.9 Å². The third-order valence-electron chi connectivity index (χ3n) is 1.55. The normalized spacial score (nSPS) is 11.6. The summed E-state index contributed by atoms with van der Waals surface area (Å²) in [4.78, 5) is 21.6. The van der Waals surface area contributed by atoms with Gasteiger partial charge in [0.25, 0.3) is 0 Å². The van der Waals surface area contributed by atoms with E-state index >= 15 is 0 Å². The maximum absolute atomic E-state index is 11.0. The van der Waals surface area contributed by atoms with Crippen LogP contribution in [0.2, 0.25) is 0 Å². The predicted molar refractivity (Wildman–Crippen MR) is 54.2 cm³/mol. The largest absolute Gasteiger partial charge is 0.445 e. The highest BCUT2D eigenvalue weighted by Crippen LogP contribution is 2.01. The third-order valence-corrected chi connectivity index (χ3v) is 1.71. The van der Waals surface area contributed by atoms with Crippen molar-refractivity contribution in [2.45, 2.75) is 25.8 Å². The topological polar surface area (TPSA) is 55.4 Å². The molecule has 0 aromatic heterocycles. The summed E-state index contributed by atoms with van der Waals surface area (Å²) in [6.45, 7) is 5.40. The highest BCUT2D eigenvalue weighted by molar-refractivity contribution is 6.63. The molecule has 0 aliphatic heterocycles. The smallest absolute Gasteiger partial charge is 0.407 e. The van der Waals surface area contributed by atoms with Gasteiger partial charge in [-0.05, 0) is 18.0 Å². The first-order chi connectivity index (χ1) is 6.60. The second kappa shape index (κ2) is 7.38. The van der Waals surface area contributed by atoms with Gasteiger partial charge in [-0.2, -0.15) is 0 Å². The first-order valence-corrected chi connectivity index (χ1v) is 4.70. The fourth-order valence-corrected chi connectivity index (χ4v) is 1.02. The average Bonchev–Trinajstić information content (AvgIpc) is 2.12. The molecule has 5 heteroatoms. The van der Waals surface area contributed by atoms with Crippen molar-refractivity contribution < 1.29 is 14.3 Å². The molecule has 0 bridgehead atoms. The number of carbonyl (C=O) groups is 2. The summed E-state index contributed by atoms with van der Waals surface area (Å²) in [6.07, 6.45) is 1.64. The number of ether oxygens (including phenoxy) is 1. The minimum absolute atomic E-state index is 0.112. The van der Waals surface area contributed by atoms with Gasteiger partial charge in [-0.15, -0.1) is 0 Å². The van der Waals surface area contributed by atoms with Crippen molar-refractivity contribution in [3.05, 3.63) is 12.7 Å². The third kappa shape index (κ3) is 6.48. The first-order valence-electron chi connectivity index (χ1n) is 4.32. The second-order valence-electron chi connectivity index (χ2n) is 2.70. The van der Waals surface area contributed by atoms with E-state index in [9.17, 15) is 9.59 Å². The molecule has 80 valence electrons. The van der Waals surface area contributed by atoms with Gasteiger partial charge in [-0.3, -0.25) is 4.79 Å². The number of nitrogens with one attached hydrogen (secondary N) is 1. The Morgan fingerprint density at radius 1 is 1.64 bits per heavy atom. The summed E-state index contributed by atoms with van der Waals surface area (Å²) in [5.74, 6) is 0. The zero-order chi connectivity index (χ0) is 11.0. The van der Waals surface area contributed by atoms with Crippen molar-refractivity contribution in [2.24, 2.45) is 0 Å². The molecule has 0 aromatic carbocycles. The molecule has 0 rings (SSSR count). The molecule has 0 saturated heterocycles. The van der Waals surface area contributed by atoms with Gasteiger partial charge in [-0.1, -0.05) is 19.6 Å². The van der Waals surface area contributed by atoms with Crippen LogP contribution in [0, 0.1) is 0 Å². The van der Waals surface area contributed by atoms with Crippen molar-refractivity contribution in [1.82, 2.24) is 5.32 Å². The number of alkyl carbamates (subject to hydrolysis) is 1. The lowest BCUT2D eigenvalue weighted by atomic mass is 10.2. The Labute approximate surface area is 88.3 Å². The molecule has 0 fully saturated rings. The summed E-state index contributed by atoms with van der Waals surface area (Å²) in [7, 11) is 0. The van der Waals surface area contributed by atoms with E-state index in [0.29, 0.717) is 6.42 Å². The minimum Gasteiger partial charge on any atom is -0.445 e. The molecular formula is C9H14ClNO3. The van der Waals surface area contributed by atoms with Crippen LogP contribution in [0.15, 0.2) is 12.7 Å². The second-order valence-corrected chi connectivity index (χ2v) is 3.12. The Kier molecular flexibility index (Phi) is 6.84. The zero-order valence-electron chi connectivity index (χ0n) is 8.09. The first kappa shape index (κ1) is 13.0. The number of hydrogen-bond donors (Lipinski definition) is 1. The van der Waals surface area contributed by atoms with Crippen LogP contribution in [-0.2, 0) is 9.53 Å². The number of carbonyl (C=O) groups excluding carboxylic acids is 2. The van der Waals surface area contributed by atoms with Gasteiger partial charge in [0.05, 0.1) is 0 Å². The van der Waals surface area contributed by atoms with Gasteiger partial charge in [-0.25, -0.2) is 4.79 Å². The summed E-state index contributed by atoms with van der Waals surface area (Å²) in [5, 5.41) is 2.05. The van der Waals surface area contributed by atoms with E-state index in [-0.39, 0.29) is 19.1 Å². The molecule has 0 aliphatic rings. The molecule has 0 saturated carbocycles. The van der Waals surface area contributed by atoms with E-state index in [4.69, 9.17) is 11.6 Å². The Hall–Kier alpha value is -1.03. The molecule has 1 unspecified atom stereocenters. The van der Waals surface area contributed by atoms with Crippen LogP contribution in [0.4, 0.5) is 4.79 Å². The molecule has 4 nitrogen and oxygen atoms in total. The molecule has 0 spiro atoms. The monoisotopic (exact) mass is 219 g/mol. The van der Waals surface area contributed by atoms with E-state index < -0.39 is 11.3 Å². The number of amides is 1. The molecule has 14 heavy (non-hydrogen) atoms. The molecule has 0 aromatic rings. The summed E-state index contributed by atoms with van der Waals surface area (Å²) < 4.78 is 4.68. The van der Waals surface area contributed by atoms with E-state index in [1.54, 1.807) is 0 Å². The van der Waals surface area contributed by atoms with Crippen LogP contribution >= 0.6 is 11.6 Å². The Balaban J connectivity index is 3.85. The maximum atomic E-state index is 11.0. The molecule has 1 atom stereocenters. The number of halogens is 1. The van der Waals surface area contributed by atoms with Crippen molar-refractivity contribution in [3.63, 3.8) is 0 Å². The Morgan fingerprint density at radius 2 is 2.29 bits per heavy atom. The van der Waals surface area contributed by atoms with Crippen molar-refractivity contribution in [3.8, 4) is 0 Å². The summed E-state index contributed by atoms with van der Waals surface area (Å²) in [5.41, 5.74) is 0. The van der Waals surface area contributed by atoms with Crippen LogP contribution in [0.25, 0.3) is 0 Å². The van der Waals surface area contributed by atoms with Crippen LogP contribution < -0.4 is 5.32 Å². The highest BCUT2D eigenvalue weighted by Gasteiger charge is 2.13. The van der Waals surface area contributed by atoms with Gasteiger partial charge in [0, 0.05) is 12.5 Å². The van der Waals surface area contributed by atoms with Crippen LogP contribution in [0.1, 0.15) is 19.8 Å². The van der Waals surface area contributed by atoms with E-state index in [2.05, 4.69) is 16.6 Å². The fourth-order valence-electron chi connectivity index (χ4n) is 0.834. The van der Waals surface area contributed by atoms with Gasteiger partial charge in [0.15, 0.2) is 0 Å². The average molecular weight is 220 g/mol. The number of hydrogen-bond acceptors (Lipinski definition) is 3. The molecule has 0 radical (unpaired) electrons. The molecule has 1 amide bonds. The van der Waals surface area contributed by atoms with Gasteiger partial charge in [0.2, 0.25) is 5.24 Å². The lowest BCUT2D eigenvalue weighted by Gasteiger charge is -2.13. The molecule has 0 heterocycles. The van der Waals surface area contributed by atoms with Gasteiger partial charge < -0.3 is 10.1 Å². The lowest BCUT2D eigenvalue weighted by molar-refractivity contribution is -0.112. The molecule has 0 aliphatic carbocycles. The van der Waals surface area contributed by atoms with Crippen molar-refractivity contribution in [1.29, 1.82) is 0 Å². The summed E-state index contributed by atoms with van der Waals surface area (Å²) >= 11 is 5.19. The fraction of sp³-hybridized carbons (Fsp3) is 0.556. The highest BCUT2D eigenvalue weighted by atomic mass is 35.5. The Morgan fingerprint density at radius 3 is 2.71 bits per heavy atom. The SMILES string of the molecule is C=CCOC(=O)NC(CC)CC(=O)Cl. The van der Waals surface area contributed by atoms with E-state index in [0.717, 1.165) is 0 Å². The predicted octanol–water partition coefficient (Wildman–Crippen LogP) is 1.83. The maximum Gasteiger partial charge on any atom is 0.407 e. The minimum atomic E-state index is -0.560. The van der Waals surface area contributed by atoms with Crippen LogP contribution in [0.5, 0.6) is 0 Å². The number of rotatable bonds is 6. The van der Waals surface area contributed by atoms with Gasteiger partial charge in [0.1, 0.15) is 6.61 Å². The van der Waals surface area contributed by atoms with Crippen LogP contribution in [0.3, 0.4) is 0 Å². The quantitative estimate of drug-likeness (QED) is 0.548. The van der Waals surface area contributed by atoms with Gasteiger partial charge >= 0.3 is 6.09 Å². The zero-order valence-corrected chi connectivity index (χ0v) is 8.84. The molecule has 1 N–H and O–H groups in total. The van der Waals surface area contributed by atoms with E-state index in [1.807, 2.05) is 6.92 Å². The summed E-state index contributed by atoms with van der Waals surface area (Å²) in [6, 6.07) is -0.266. The Bertz CT molecular complexity index is 218. The van der Waals surface area contributed by atoms with Crippen LogP contribution in [-0.4, -0.2) is 24.0 Å². The van der Waals surface area contributed by atoms with Crippen molar-refractivity contribution in [2.75, 3.05) is 6.61 Å². The molecular weight excluding hydrogens is 206 g/mol.